The van der Waals surface area contributed by atoms with Crippen LogP contribution in [0.25, 0.3) is 0 Å². The fourth-order valence-corrected chi connectivity index (χ4v) is 3.37. The summed E-state index contributed by atoms with van der Waals surface area (Å²) >= 11 is 0. The van der Waals surface area contributed by atoms with Crippen LogP contribution in [0.1, 0.15) is 31.7 Å². The van der Waals surface area contributed by atoms with E-state index in [-0.39, 0.29) is 24.0 Å². The lowest BCUT2D eigenvalue weighted by molar-refractivity contribution is 0.0992. The number of aliphatic imine (C=N–C) groups is 1. The van der Waals surface area contributed by atoms with E-state index in [2.05, 4.69) is 24.1 Å². The molecule has 2 heterocycles. The van der Waals surface area contributed by atoms with Gasteiger partial charge in [0.2, 0.25) is 0 Å². The lowest BCUT2D eigenvalue weighted by atomic mass is 9.96. The van der Waals surface area contributed by atoms with E-state index >= 15 is 0 Å². The first kappa shape index (κ1) is 20.0. The van der Waals surface area contributed by atoms with Crippen LogP contribution < -0.4 is 15.4 Å². The summed E-state index contributed by atoms with van der Waals surface area (Å²) in [5.74, 6) is 1.71. The second kappa shape index (κ2) is 10.0. The average molecular weight is 457 g/mol. The highest BCUT2D eigenvalue weighted by atomic mass is 127. The van der Waals surface area contributed by atoms with E-state index in [1.807, 2.05) is 24.3 Å². The molecule has 2 N–H and O–H groups in total. The van der Waals surface area contributed by atoms with Gasteiger partial charge >= 0.3 is 0 Å². The Morgan fingerprint density at radius 2 is 2.24 bits per heavy atom. The molecule has 1 aromatic rings. The monoisotopic (exact) mass is 457 g/mol. The Kier molecular flexibility index (Phi) is 8.02. The van der Waals surface area contributed by atoms with Crippen molar-refractivity contribution in [3.05, 3.63) is 42.5 Å². The van der Waals surface area contributed by atoms with Crippen molar-refractivity contribution >= 4 is 29.9 Å². The number of para-hydroxylation sites is 1. The molecule has 3 atom stereocenters. The first-order valence-electron chi connectivity index (χ1n) is 8.82. The number of guanidine groups is 1. The summed E-state index contributed by atoms with van der Waals surface area (Å²) in [5.41, 5.74) is 1.07. The van der Waals surface area contributed by atoms with Gasteiger partial charge in [-0.05, 0) is 32.3 Å². The van der Waals surface area contributed by atoms with Gasteiger partial charge in [0.1, 0.15) is 12.4 Å². The minimum Gasteiger partial charge on any atom is -0.489 e. The molecule has 3 unspecified atom stereocenters. The summed E-state index contributed by atoms with van der Waals surface area (Å²) < 4.78 is 11.6. The first-order valence-corrected chi connectivity index (χ1v) is 8.82. The standard InChI is InChI=1S/C19H27N3O2.HI/c1-3-11-23-17-8-6-5-7-14(17)13-21-19(20-4-2)22-16-12-15-9-10-18(16)24-15;/h3,5-8,15-16,18H,1,4,9-13H2,2H3,(H2,20,21,22);1H. The molecule has 0 aliphatic carbocycles. The van der Waals surface area contributed by atoms with E-state index in [1.165, 1.54) is 6.42 Å². The van der Waals surface area contributed by atoms with Gasteiger partial charge in [-0.3, -0.25) is 0 Å². The molecule has 3 rings (SSSR count). The molecule has 5 nitrogen and oxygen atoms in total. The fourth-order valence-electron chi connectivity index (χ4n) is 3.37. The minimum atomic E-state index is 0. The Hall–Kier alpha value is -1.28. The third-order valence-corrected chi connectivity index (χ3v) is 4.51. The summed E-state index contributed by atoms with van der Waals surface area (Å²) in [6.07, 6.45) is 5.95. The molecule has 2 bridgehead atoms. The Morgan fingerprint density at radius 3 is 2.92 bits per heavy atom. The van der Waals surface area contributed by atoms with E-state index in [0.29, 0.717) is 31.4 Å². The van der Waals surface area contributed by atoms with Crippen LogP contribution in [0, 0.1) is 0 Å². The van der Waals surface area contributed by atoms with Crippen LogP contribution in [0.3, 0.4) is 0 Å². The number of hydrogen-bond acceptors (Lipinski definition) is 3. The highest BCUT2D eigenvalue weighted by molar-refractivity contribution is 14.0. The molecule has 6 heteroatoms. The molecule has 25 heavy (non-hydrogen) atoms. The van der Waals surface area contributed by atoms with Crippen molar-refractivity contribution in [2.45, 2.75) is 51.0 Å². The molecule has 0 saturated carbocycles. The van der Waals surface area contributed by atoms with E-state index in [1.54, 1.807) is 6.08 Å². The molecule has 2 aliphatic heterocycles. The van der Waals surface area contributed by atoms with Gasteiger partial charge in [0.15, 0.2) is 5.96 Å². The first-order chi connectivity index (χ1) is 11.8. The molecular weight excluding hydrogens is 429 g/mol. The molecule has 0 spiro atoms. The van der Waals surface area contributed by atoms with Crippen molar-refractivity contribution in [1.29, 1.82) is 0 Å². The zero-order valence-electron chi connectivity index (χ0n) is 14.7. The Bertz CT molecular complexity index is 594. The smallest absolute Gasteiger partial charge is 0.191 e. The molecule has 2 saturated heterocycles. The molecular formula is C19H28IN3O2. The van der Waals surface area contributed by atoms with E-state index in [9.17, 15) is 0 Å². The van der Waals surface area contributed by atoms with Gasteiger partial charge in [0.25, 0.3) is 0 Å². The number of ether oxygens (including phenoxy) is 2. The quantitative estimate of drug-likeness (QED) is 0.286. The largest absolute Gasteiger partial charge is 0.489 e. The zero-order chi connectivity index (χ0) is 16.8. The van der Waals surface area contributed by atoms with Crippen LogP contribution in [-0.2, 0) is 11.3 Å². The Morgan fingerprint density at radius 1 is 1.40 bits per heavy atom. The normalized spacial score (nSPS) is 24.5. The number of fused-ring (bicyclic) bond motifs is 2. The molecule has 0 aromatic heterocycles. The maximum absolute atomic E-state index is 5.92. The van der Waals surface area contributed by atoms with Gasteiger partial charge in [-0.1, -0.05) is 30.9 Å². The average Bonchev–Trinajstić information content (AvgIpc) is 3.21. The number of benzene rings is 1. The molecule has 2 aliphatic rings. The third-order valence-electron chi connectivity index (χ3n) is 4.51. The lowest BCUT2D eigenvalue weighted by Crippen LogP contribution is -2.47. The predicted octanol–water partition coefficient (Wildman–Crippen LogP) is 3.24. The number of halogens is 1. The maximum Gasteiger partial charge on any atom is 0.191 e. The fraction of sp³-hybridized carbons (Fsp3) is 0.526. The highest BCUT2D eigenvalue weighted by Gasteiger charge is 2.41. The van der Waals surface area contributed by atoms with Gasteiger partial charge in [-0.15, -0.1) is 24.0 Å². The summed E-state index contributed by atoms with van der Waals surface area (Å²) in [4.78, 5) is 4.73. The van der Waals surface area contributed by atoms with E-state index < -0.39 is 0 Å². The SMILES string of the molecule is C=CCOc1ccccc1CN=C(NCC)NC1CC2CCC1O2.I. The van der Waals surface area contributed by atoms with Gasteiger partial charge in [-0.25, -0.2) is 4.99 Å². The van der Waals surface area contributed by atoms with Crippen LogP contribution in [0.5, 0.6) is 5.75 Å². The van der Waals surface area contributed by atoms with E-state index in [0.717, 1.165) is 36.7 Å². The highest BCUT2D eigenvalue weighted by Crippen LogP contribution is 2.34. The second-order valence-corrected chi connectivity index (χ2v) is 6.26. The summed E-state index contributed by atoms with van der Waals surface area (Å²) in [7, 11) is 0. The van der Waals surface area contributed by atoms with Gasteiger partial charge in [0.05, 0.1) is 24.8 Å². The van der Waals surface area contributed by atoms with Gasteiger partial charge in [0, 0.05) is 12.1 Å². The predicted molar refractivity (Wildman–Crippen MR) is 112 cm³/mol. The van der Waals surface area contributed by atoms with Crippen molar-refractivity contribution in [2.24, 2.45) is 4.99 Å². The van der Waals surface area contributed by atoms with Crippen LogP contribution in [0.2, 0.25) is 0 Å². The van der Waals surface area contributed by atoms with Crippen molar-refractivity contribution < 1.29 is 9.47 Å². The van der Waals surface area contributed by atoms with Gasteiger partial charge < -0.3 is 20.1 Å². The van der Waals surface area contributed by atoms with Crippen molar-refractivity contribution in [1.82, 2.24) is 10.6 Å². The second-order valence-electron chi connectivity index (χ2n) is 6.26. The number of nitrogens with one attached hydrogen (secondary N) is 2. The number of hydrogen-bond donors (Lipinski definition) is 2. The summed E-state index contributed by atoms with van der Waals surface area (Å²) in [6.45, 7) is 7.69. The molecule has 1 aromatic carbocycles. The Balaban J connectivity index is 0.00000225. The number of nitrogens with zero attached hydrogens (tertiary/aromatic N) is 1. The zero-order valence-corrected chi connectivity index (χ0v) is 17.1. The molecule has 2 fully saturated rings. The third kappa shape index (κ3) is 5.34. The lowest BCUT2D eigenvalue weighted by Gasteiger charge is -2.22. The number of rotatable bonds is 7. The van der Waals surface area contributed by atoms with Crippen molar-refractivity contribution in [2.75, 3.05) is 13.2 Å². The molecule has 138 valence electrons. The molecule has 0 radical (unpaired) electrons. The minimum absolute atomic E-state index is 0. The Labute approximate surface area is 167 Å². The van der Waals surface area contributed by atoms with Crippen LogP contribution in [0.15, 0.2) is 41.9 Å². The summed E-state index contributed by atoms with van der Waals surface area (Å²) in [5, 5.41) is 6.87. The van der Waals surface area contributed by atoms with E-state index in [4.69, 9.17) is 14.5 Å². The van der Waals surface area contributed by atoms with Crippen LogP contribution in [-0.4, -0.2) is 37.4 Å². The topological polar surface area (TPSA) is 54.9 Å². The van der Waals surface area contributed by atoms with Crippen LogP contribution >= 0.6 is 24.0 Å². The maximum atomic E-state index is 5.92. The van der Waals surface area contributed by atoms with Crippen molar-refractivity contribution in [3.63, 3.8) is 0 Å². The van der Waals surface area contributed by atoms with Crippen LogP contribution in [0.4, 0.5) is 0 Å². The van der Waals surface area contributed by atoms with Crippen molar-refractivity contribution in [3.8, 4) is 5.75 Å². The molecule has 0 amide bonds. The van der Waals surface area contributed by atoms with Gasteiger partial charge in [-0.2, -0.15) is 0 Å². The summed E-state index contributed by atoms with van der Waals surface area (Å²) in [6, 6.07) is 8.37.